The zero-order valence-corrected chi connectivity index (χ0v) is 21.3. The molecule has 0 aromatic heterocycles. The van der Waals surface area contributed by atoms with Gasteiger partial charge in [0.1, 0.15) is 6.17 Å². The molecule has 3 atom stereocenters. The maximum absolute atomic E-state index is 13.4. The van der Waals surface area contributed by atoms with E-state index in [0.29, 0.717) is 25.1 Å². The Balaban J connectivity index is 1.41. The number of fused-ring (bicyclic) bond motifs is 2. The summed E-state index contributed by atoms with van der Waals surface area (Å²) >= 11 is 0. The van der Waals surface area contributed by atoms with Gasteiger partial charge in [-0.3, -0.25) is 14.4 Å². The first-order valence-electron chi connectivity index (χ1n) is 12.8. The van der Waals surface area contributed by atoms with Gasteiger partial charge < -0.3 is 20.2 Å². The van der Waals surface area contributed by atoms with Crippen LogP contribution in [0.5, 0.6) is 0 Å². The van der Waals surface area contributed by atoms with Crippen molar-refractivity contribution in [2.75, 3.05) is 18.0 Å². The van der Waals surface area contributed by atoms with Gasteiger partial charge in [-0.05, 0) is 61.9 Å². The predicted octanol–water partition coefficient (Wildman–Crippen LogP) is 1.70. The lowest BCUT2D eigenvalue weighted by molar-refractivity contribution is -0.142. The molecule has 1 aliphatic carbocycles. The monoisotopic (exact) mass is 504 g/mol. The van der Waals surface area contributed by atoms with Crippen molar-refractivity contribution in [1.29, 1.82) is 5.26 Å². The van der Waals surface area contributed by atoms with Crippen LogP contribution in [0.25, 0.3) is 0 Å². The van der Waals surface area contributed by atoms with E-state index in [1.54, 1.807) is 28.0 Å². The lowest BCUT2D eigenvalue weighted by atomic mass is 9.95. The smallest absolute Gasteiger partial charge is 0.280 e. The van der Waals surface area contributed by atoms with Crippen molar-refractivity contribution < 1.29 is 19.5 Å². The highest BCUT2D eigenvalue weighted by Crippen LogP contribution is 2.36. The van der Waals surface area contributed by atoms with E-state index in [-0.39, 0.29) is 41.3 Å². The Hall–Kier alpha value is -3.84. The van der Waals surface area contributed by atoms with Gasteiger partial charge in [0, 0.05) is 36.8 Å². The molecular formula is C27H32N6O4. The molecule has 194 valence electrons. The molecule has 1 saturated carbocycles. The molecule has 0 radical (unpaired) electrons. The number of carbonyl (C=O) groups is 3. The number of aliphatic hydroxyl groups is 1. The van der Waals surface area contributed by atoms with E-state index in [9.17, 15) is 19.5 Å². The maximum Gasteiger partial charge on any atom is 0.280 e. The summed E-state index contributed by atoms with van der Waals surface area (Å²) in [7, 11) is 0. The van der Waals surface area contributed by atoms with Crippen molar-refractivity contribution in [2.45, 2.75) is 58.3 Å². The van der Waals surface area contributed by atoms with Crippen LogP contribution in [-0.2, 0) is 20.8 Å². The Morgan fingerprint density at radius 3 is 2.76 bits per heavy atom. The number of hydrogen-bond donors (Lipinski definition) is 3. The molecule has 1 saturated heterocycles. The number of nitrogens with one attached hydrogen (secondary N) is 2. The highest BCUT2D eigenvalue weighted by molar-refractivity contribution is 6.19. The molecule has 4 aliphatic rings. The summed E-state index contributed by atoms with van der Waals surface area (Å²) in [5.41, 5.74) is 5.25. The number of hydrazine groups is 1. The quantitative estimate of drug-likeness (QED) is 0.397. The zero-order chi connectivity index (χ0) is 26.4. The third-order valence-electron chi connectivity index (χ3n) is 7.31. The Bertz CT molecular complexity index is 1240. The van der Waals surface area contributed by atoms with E-state index in [0.717, 1.165) is 24.1 Å². The predicted molar refractivity (Wildman–Crippen MR) is 135 cm³/mol. The second kappa shape index (κ2) is 9.56. The van der Waals surface area contributed by atoms with Crippen LogP contribution in [0.15, 0.2) is 41.8 Å². The standard InChI is InChI=1S/C27H32N6O4/c1-15(2)14-32-25-20(7-9-22(34)31-11-10-18-12-17(13-28)4-8-21(18)31)16(3)30-33(25)27(37)23(26(32)36)24(35)29-19-5-6-19/h4,7-9,12,15-16,19-20,25,30,36H,5-6,10-11,14H2,1-3H3,(H,29,35)/b9-7+. The highest BCUT2D eigenvalue weighted by atomic mass is 16.3. The van der Waals surface area contributed by atoms with E-state index in [1.807, 2.05) is 26.8 Å². The molecule has 10 nitrogen and oxygen atoms in total. The molecule has 3 N–H and O–H groups in total. The zero-order valence-electron chi connectivity index (χ0n) is 21.3. The van der Waals surface area contributed by atoms with E-state index in [2.05, 4.69) is 16.8 Å². The molecular weight excluding hydrogens is 472 g/mol. The molecule has 3 amide bonds. The molecule has 10 heteroatoms. The summed E-state index contributed by atoms with van der Waals surface area (Å²) in [5, 5.41) is 24.5. The highest BCUT2D eigenvalue weighted by Gasteiger charge is 2.51. The van der Waals surface area contributed by atoms with E-state index in [1.165, 1.54) is 11.1 Å². The molecule has 1 aromatic carbocycles. The number of anilines is 1. The van der Waals surface area contributed by atoms with Gasteiger partial charge >= 0.3 is 0 Å². The molecule has 3 heterocycles. The number of aliphatic hydroxyl groups excluding tert-OH is 1. The second-order valence-electron chi connectivity index (χ2n) is 10.6. The van der Waals surface area contributed by atoms with Gasteiger partial charge in [0.05, 0.1) is 11.6 Å². The first-order valence-corrected chi connectivity index (χ1v) is 12.8. The van der Waals surface area contributed by atoms with Crippen molar-refractivity contribution >= 4 is 23.4 Å². The Labute approximate surface area is 216 Å². The number of amides is 3. The van der Waals surface area contributed by atoms with Gasteiger partial charge in [0.25, 0.3) is 17.7 Å². The molecule has 0 spiro atoms. The van der Waals surface area contributed by atoms with Crippen LogP contribution >= 0.6 is 0 Å². The summed E-state index contributed by atoms with van der Waals surface area (Å²) in [6.07, 6.45) is 5.14. The number of nitriles is 1. The Morgan fingerprint density at radius 2 is 2.08 bits per heavy atom. The van der Waals surface area contributed by atoms with Crippen LogP contribution in [0, 0.1) is 23.2 Å². The van der Waals surface area contributed by atoms with Gasteiger partial charge in [-0.1, -0.05) is 19.9 Å². The molecule has 5 rings (SSSR count). The van der Waals surface area contributed by atoms with Gasteiger partial charge in [0.2, 0.25) is 5.88 Å². The average Bonchev–Trinajstić information content (AvgIpc) is 3.46. The van der Waals surface area contributed by atoms with Crippen molar-refractivity contribution in [3.63, 3.8) is 0 Å². The molecule has 1 aromatic rings. The molecule has 2 fully saturated rings. The van der Waals surface area contributed by atoms with Crippen LogP contribution in [-0.4, -0.2) is 64.1 Å². The van der Waals surface area contributed by atoms with Crippen molar-refractivity contribution in [2.24, 2.45) is 11.8 Å². The Kier molecular flexibility index (Phi) is 6.42. The first kappa shape index (κ1) is 24.8. The van der Waals surface area contributed by atoms with Crippen LogP contribution in [0.4, 0.5) is 5.69 Å². The van der Waals surface area contributed by atoms with E-state index >= 15 is 0 Å². The number of hydrogen-bond acceptors (Lipinski definition) is 7. The summed E-state index contributed by atoms with van der Waals surface area (Å²) < 4.78 is 0. The van der Waals surface area contributed by atoms with E-state index < -0.39 is 18.0 Å². The third kappa shape index (κ3) is 4.55. The number of nitrogens with zero attached hydrogens (tertiary/aromatic N) is 4. The third-order valence-corrected chi connectivity index (χ3v) is 7.31. The molecule has 37 heavy (non-hydrogen) atoms. The minimum atomic E-state index is -0.588. The first-order chi connectivity index (χ1) is 17.7. The molecule has 3 unspecified atom stereocenters. The fourth-order valence-electron chi connectivity index (χ4n) is 5.34. The SMILES string of the molecule is CC(C)CN1C(O)=C(C(=O)NC2CC2)C(=O)N2NC(C)C(/C=C/C(=O)N3CCc4cc(C#N)ccc43)C12. The molecule has 0 bridgehead atoms. The van der Waals surface area contributed by atoms with Gasteiger partial charge in [-0.25, -0.2) is 10.4 Å². The topological polar surface area (TPSA) is 129 Å². The van der Waals surface area contributed by atoms with Crippen LogP contribution in [0.3, 0.4) is 0 Å². The minimum absolute atomic E-state index is 0.0474. The largest absolute Gasteiger partial charge is 0.494 e. The van der Waals surface area contributed by atoms with Crippen LogP contribution in [0.2, 0.25) is 0 Å². The van der Waals surface area contributed by atoms with Gasteiger partial charge in [-0.2, -0.15) is 5.26 Å². The summed E-state index contributed by atoms with van der Waals surface area (Å²) in [6, 6.07) is 7.28. The summed E-state index contributed by atoms with van der Waals surface area (Å²) in [5.74, 6) is -1.81. The van der Waals surface area contributed by atoms with Crippen molar-refractivity contribution in [3.05, 3.63) is 52.9 Å². The fraction of sp³-hybridized carbons (Fsp3) is 0.481. The molecule has 3 aliphatic heterocycles. The maximum atomic E-state index is 13.4. The normalized spacial score (nSPS) is 25.1. The minimum Gasteiger partial charge on any atom is -0.494 e. The lowest BCUT2D eigenvalue weighted by Crippen LogP contribution is -2.59. The van der Waals surface area contributed by atoms with Crippen LogP contribution < -0.4 is 15.6 Å². The lowest BCUT2D eigenvalue weighted by Gasteiger charge is -2.42. The number of benzene rings is 1. The van der Waals surface area contributed by atoms with Gasteiger partial charge in [-0.15, -0.1) is 0 Å². The van der Waals surface area contributed by atoms with E-state index in [4.69, 9.17) is 5.26 Å². The van der Waals surface area contributed by atoms with Crippen molar-refractivity contribution in [1.82, 2.24) is 20.7 Å². The fourth-order valence-corrected chi connectivity index (χ4v) is 5.34. The van der Waals surface area contributed by atoms with Crippen LogP contribution in [0.1, 0.15) is 44.7 Å². The van der Waals surface area contributed by atoms with Gasteiger partial charge in [0.15, 0.2) is 5.57 Å². The Morgan fingerprint density at radius 1 is 1.32 bits per heavy atom. The average molecular weight is 505 g/mol. The summed E-state index contributed by atoms with van der Waals surface area (Å²) in [6.45, 7) is 6.87. The van der Waals surface area contributed by atoms with Crippen molar-refractivity contribution in [3.8, 4) is 6.07 Å². The number of rotatable bonds is 6. The number of carbonyl (C=O) groups excluding carboxylic acids is 3. The second-order valence-corrected chi connectivity index (χ2v) is 10.6. The summed E-state index contributed by atoms with van der Waals surface area (Å²) in [4.78, 5) is 42.8.